The van der Waals surface area contributed by atoms with Gasteiger partial charge < -0.3 is 19.8 Å². The second kappa shape index (κ2) is 9.61. The largest absolute Gasteiger partial charge is 0.451 e. The highest BCUT2D eigenvalue weighted by atomic mass is 35.5. The topological polar surface area (TPSA) is 118 Å². The lowest BCUT2D eigenvalue weighted by molar-refractivity contribution is -0.124. The van der Waals surface area contributed by atoms with Gasteiger partial charge in [-0.3, -0.25) is 4.79 Å². The number of ether oxygens (including phenoxy) is 2. The lowest BCUT2D eigenvalue weighted by Crippen LogP contribution is -2.40. The van der Waals surface area contributed by atoms with E-state index in [9.17, 15) is 18.0 Å². The number of nitrogens with zero attached hydrogens (tertiary/aromatic N) is 1. The molecule has 0 spiro atoms. The van der Waals surface area contributed by atoms with Crippen molar-refractivity contribution in [3.8, 4) is 0 Å². The van der Waals surface area contributed by atoms with Crippen LogP contribution in [-0.4, -0.2) is 62.5 Å². The van der Waals surface area contributed by atoms with Gasteiger partial charge in [0.05, 0.1) is 19.3 Å². The molecule has 0 aliphatic carbocycles. The molecule has 0 radical (unpaired) electrons. The van der Waals surface area contributed by atoms with Gasteiger partial charge in [-0.05, 0) is 30.7 Å². The average molecular weight is 456 g/mol. The molecule has 9 nitrogen and oxygen atoms in total. The Morgan fingerprint density at radius 3 is 2.60 bits per heavy atom. The predicted octanol–water partition coefficient (Wildman–Crippen LogP) is 1.72. The molecule has 1 aromatic carbocycles. The molecule has 30 heavy (non-hydrogen) atoms. The fourth-order valence-electron chi connectivity index (χ4n) is 2.90. The zero-order valence-corrected chi connectivity index (χ0v) is 17.8. The number of H-pyrrole nitrogens is 1. The third-order valence-electron chi connectivity index (χ3n) is 4.57. The number of esters is 1. The number of carbonyl (C=O) groups excluding carboxylic acids is 2. The molecule has 0 bridgehead atoms. The van der Waals surface area contributed by atoms with Gasteiger partial charge in [-0.2, -0.15) is 4.31 Å². The summed E-state index contributed by atoms with van der Waals surface area (Å²) in [6, 6.07) is 7.90. The van der Waals surface area contributed by atoms with Gasteiger partial charge in [0, 0.05) is 24.3 Å². The van der Waals surface area contributed by atoms with Crippen molar-refractivity contribution in [1.82, 2.24) is 14.6 Å². The normalized spacial score (nSPS) is 16.1. The Bertz CT molecular complexity index is 1000. The van der Waals surface area contributed by atoms with Crippen LogP contribution in [0.5, 0.6) is 0 Å². The molecule has 2 N–H and O–H groups in total. The van der Waals surface area contributed by atoms with E-state index in [-0.39, 0.29) is 29.7 Å². The smallest absolute Gasteiger partial charge is 0.355 e. The molecule has 1 aromatic heterocycles. The van der Waals surface area contributed by atoms with Crippen molar-refractivity contribution in [2.45, 2.75) is 17.9 Å². The van der Waals surface area contributed by atoms with Crippen LogP contribution in [-0.2, 0) is 24.3 Å². The number of amides is 1. The molecular weight excluding hydrogens is 434 g/mol. The van der Waals surface area contributed by atoms with Crippen molar-refractivity contribution >= 4 is 33.5 Å². The highest BCUT2D eigenvalue weighted by Gasteiger charge is 2.28. The van der Waals surface area contributed by atoms with Gasteiger partial charge in [0.2, 0.25) is 10.0 Å². The van der Waals surface area contributed by atoms with Gasteiger partial charge in [-0.25, -0.2) is 13.2 Å². The van der Waals surface area contributed by atoms with E-state index in [0.29, 0.717) is 18.2 Å². The summed E-state index contributed by atoms with van der Waals surface area (Å²) in [5.41, 5.74) is 0.793. The van der Waals surface area contributed by atoms with Crippen LogP contribution >= 0.6 is 11.6 Å². The van der Waals surface area contributed by atoms with Gasteiger partial charge in [0.15, 0.2) is 6.61 Å². The van der Waals surface area contributed by atoms with E-state index in [4.69, 9.17) is 21.1 Å². The van der Waals surface area contributed by atoms with Crippen LogP contribution in [0.4, 0.5) is 0 Å². The number of morpholine rings is 1. The number of carbonyl (C=O) groups is 2. The number of rotatable bonds is 7. The van der Waals surface area contributed by atoms with Crippen LogP contribution in [0.15, 0.2) is 41.4 Å². The first-order chi connectivity index (χ1) is 14.3. The van der Waals surface area contributed by atoms with E-state index >= 15 is 0 Å². The summed E-state index contributed by atoms with van der Waals surface area (Å²) in [5, 5.41) is 3.30. The number of nitrogens with one attached hydrogen (secondary N) is 2. The molecule has 3 rings (SSSR count). The first-order valence-corrected chi connectivity index (χ1v) is 11.1. The number of aromatic amines is 1. The Balaban J connectivity index is 1.53. The fraction of sp³-hybridized carbons (Fsp3) is 0.368. The number of halogens is 1. The Morgan fingerprint density at radius 1 is 1.27 bits per heavy atom. The molecule has 1 saturated heterocycles. The Morgan fingerprint density at radius 2 is 1.93 bits per heavy atom. The van der Waals surface area contributed by atoms with Gasteiger partial charge in [0.25, 0.3) is 5.91 Å². The molecule has 1 aliphatic heterocycles. The number of hydrogen-bond acceptors (Lipinski definition) is 6. The minimum absolute atomic E-state index is 0.0443. The van der Waals surface area contributed by atoms with Crippen LogP contribution in [0.2, 0.25) is 5.02 Å². The molecular formula is C19H22ClN3O6S. The Kier molecular flexibility index (Phi) is 7.14. The summed E-state index contributed by atoms with van der Waals surface area (Å²) in [6.45, 7) is 2.43. The molecule has 162 valence electrons. The van der Waals surface area contributed by atoms with Crippen LogP contribution in [0, 0.1) is 0 Å². The van der Waals surface area contributed by atoms with Crippen LogP contribution < -0.4 is 5.32 Å². The first kappa shape index (κ1) is 22.3. The Hall–Kier alpha value is -2.40. The summed E-state index contributed by atoms with van der Waals surface area (Å²) in [4.78, 5) is 26.8. The second-order valence-electron chi connectivity index (χ2n) is 6.68. The highest BCUT2D eigenvalue weighted by molar-refractivity contribution is 7.89. The van der Waals surface area contributed by atoms with E-state index in [0.717, 1.165) is 5.56 Å². The molecule has 2 aromatic rings. The third kappa shape index (κ3) is 5.39. The molecule has 0 saturated carbocycles. The molecule has 2 heterocycles. The molecule has 1 aliphatic rings. The van der Waals surface area contributed by atoms with E-state index in [1.165, 1.54) is 16.6 Å². The van der Waals surface area contributed by atoms with Crippen LogP contribution in [0.3, 0.4) is 0 Å². The maximum absolute atomic E-state index is 12.6. The van der Waals surface area contributed by atoms with Crippen molar-refractivity contribution in [3.05, 3.63) is 52.8 Å². The lowest BCUT2D eigenvalue weighted by atomic mass is 10.1. The van der Waals surface area contributed by atoms with E-state index < -0.39 is 28.5 Å². The summed E-state index contributed by atoms with van der Waals surface area (Å²) < 4.78 is 36.6. The SMILES string of the molecule is CC(NC(=O)COC(=O)c1cc(S(=O)(=O)N2CCOCC2)c[nH]1)c1ccc(Cl)cc1. The van der Waals surface area contributed by atoms with Crippen molar-refractivity contribution in [3.63, 3.8) is 0 Å². The summed E-state index contributed by atoms with van der Waals surface area (Å²) >= 11 is 5.85. The minimum atomic E-state index is -3.73. The van der Waals surface area contributed by atoms with Crippen molar-refractivity contribution in [2.24, 2.45) is 0 Å². The fourth-order valence-corrected chi connectivity index (χ4v) is 4.43. The van der Waals surface area contributed by atoms with Gasteiger partial charge in [-0.15, -0.1) is 0 Å². The molecule has 1 fully saturated rings. The zero-order chi connectivity index (χ0) is 21.7. The monoisotopic (exact) mass is 455 g/mol. The van der Waals surface area contributed by atoms with Crippen molar-refractivity contribution in [2.75, 3.05) is 32.9 Å². The quantitative estimate of drug-likeness (QED) is 0.614. The van der Waals surface area contributed by atoms with E-state index in [1.807, 2.05) is 0 Å². The zero-order valence-electron chi connectivity index (χ0n) is 16.3. The molecule has 1 atom stereocenters. The highest BCUT2D eigenvalue weighted by Crippen LogP contribution is 2.19. The van der Waals surface area contributed by atoms with E-state index in [1.54, 1.807) is 31.2 Å². The number of benzene rings is 1. The lowest BCUT2D eigenvalue weighted by Gasteiger charge is -2.25. The number of sulfonamides is 1. The van der Waals surface area contributed by atoms with Crippen molar-refractivity contribution in [1.29, 1.82) is 0 Å². The minimum Gasteiger partial charge on any atom is -0.451 e. The maximum Gasteiger partial charge on any atom is 0.355 e. The standard InChI is InChI=1S/C19H22ClN3O6S/c1-13(14-2-4-15(20)5-3-14)22-18(24)12-29-19(25)17-10-16(11-21-17)30(26,27)23-6-8-28-9-7-23/h2-5,10-11,13,21H,6-9,12H2,1H3,(H,22,24). The molecule has 1 amide bonds. The first-order valence-electron chi connectivity index (χ1n) is 9.25. The van der Waals surface area contributed by atoms with Crippen molar-refractivity contribution < 1.29 is 27.5 Å². The van der Waals surface area contributed by atoms with Gasteiger partial charge in [0.1, 0.15) is 10.6 Å². The summed E-state index contributed by atoms with van der Waals surface area (Å²) in [6.07, 6.45) is 1.23. The predicted molar refractivity (Wildman–Crippen MR) is 109 cm³/mol. The van der Waals surface area contributed by atoms with Crippen LogP contribution in [0.1, 0.15) is 29.0 Å². The molecule has 1 unspecified atom stereocenters. The third-order valence-corrected chi connectivity index (χ3v) is 6.69. The summed E-state index contributed by atoms with van der Waals surface area (Å²) in [5.74, 6) is -1.31. The second-order valence-corrected chi connectivity index (χ2v) is 9.06. The van der Waals surface area contributed by atoms with Gasteiger partial charge in [-0.1, -0.05) is 23.7 Å². The summed E-state index contributed by atoms with van der Waals surface area (Å²) in [7, 11) is -3.73. The number of aromatic nitrogens is 1. The average Bonchev–Trinajstić information content (AvgIpc) is 3.24. The van der Waals surface area contributed by atoms with E-state index in [2.05, 4.69) is 10.3 Å². The molecule has 11 heteroatoms. The van der Waals surface area contributed by atoms with Gasteiger partial charge >= 0.3 is 5.97 Å². The van der Waals surface area contributed by atoms with Crippen LogP contribution in [0.25, 0.3) is 0 Å². The maximum atomic E-state index is 12.6. The number of hydrogen-bond donors (Lipinski definition) is 2. The Labute approximate surface area is 179 Å².